The first-order valence-electron chi connectivity index (χ1n) is 9.88. The Labute approximate surface area is 165 Å². The SMILES string of the molecule is CCCCCNC(=O)C1CCN(C(=O)Cn2ccc3ccc(Cl)cc32)CC1. The van der Waals surface area contributed by atoms with Crippen LogP contribution in [-0.2, 0) is 16.1 Å². The van der Waals surface area contributed by atoms with Gasteiger partial charge in [0.2, 0.25) is 11.8 Å². The molecule has 0 aliphatic carbocycles. The lowest BCUT2D eigenvalue weighted by atomic mass is 9.96. The minimum Gasteiger partial charge on any atom is -0.356 e. The van der Waals surface area contributed by atoms with E-state index in [-0.39, 0.29) is 17.7 Å². The van der Waals surface area contributed by atoms with Crippen molar-refractivity contribution in [2.24, 2.45) is 5.92 Å². The number of fused-ring (bicyclic) bond motifs is 1. The summed E-state index contributed by atoms with van der Waals surface area (Å²) in [4.78, 5) is 26.8. The first kappa shape index (κ1) is 19.7. The highest BCUT2D eigenvalue weighted by Gasteiger charge is 2.27. The highest BCUT2D eigenvalue weighted by atomic mass is 35.5. The van der Waals surface area contributed by atoms with Crippen LogP contribution in [0, 0.1) is 5.92 Å². The van der Waals surface area contributed by atoms with Crippen LogP contribution in [0.1, 0.15) is 39.0 Å². The van der Waals surface area contributed by atoms with Crippen LogP contribution in [-0.4, -0.2) is 40.9 Å². The van der Waals surface area contributed by atoms with E-state index in [1.54, 1.807) is 0 Å². The van der Waals surface area contributed by atoms with E-state index in [2.05, 4.69) is 12.2 Å². The summed E-state index contributed by atoms with van der Waals surface area (Å²) in [7, 11) is 0. The summed E-state index contributed by atoms with van der Waals surface area (Å²) in [5.74, 6) is 0.264. The molecule has 3 rings (SSSR count). The Morgan fingerprint density at radius 1 is 1.19 bits per heavy atom. The van der Waals surface area contributed by atoms with Gasteiger partial charge in [-0.3, -0.25) is 9.59 Å². The largest absolute Gasteiger partial charge is 0.356 e. The lowest BCUT2D eigenvalue weighted by molar-refractivity contribution is -0.136. The second-order valence-electron chi connectivity index (χ2n) is 7.30. The number of halogens is 1. The molecular formula is C21H28ClN3O2. The van der Waals surface area contributed by atoms with Gasteiger partial charge in [0, 0.05) is 42.3 Å². The minimum atomic E-state index is 0.0295. The molecule has 2 amide bonds. The average Bonchev–Trinajstić information content (AvgIpc) is 3.07. The maximum absolute atomic E-state index is 12.7. The van der Waals surface area contributed by atoms with Crippen molar-refractivity contribution >= 4 is 34.3 Å². The molecule has 1 aromatic heterocycles. The minimum absolute atomic E-state index is 0.0295. The molecule has 1 aliphatic rings. The van der Waals surface area contributed by atoms with Gasteiger partial charge < -0.3 is 14.8 Å². The molecular weight excluding hydrogens is 362 g/mol. The van der Waals surface area contributed by atoms with Crippen molar-refractivity contribution < 1.29 is 9.59 Å². The van der Waals surface area contributed by atoms with Gasteiger partial charge in [0.25, 0.3) is 0 Å². The van der Waals surface area contributed by atoms with Crippen molar-refractivity contribution in [2.45, 2.75) is 45.6 Å². The molecule has 27 heavy (non-hydrogen) atoms. The zero-order chi connectivity index (χ0) is 19.2. The summed E-state index contributed by atoms with van der Waals surface area (Å²) in [6.07, 6.45) is 6.74. The molecule has 0 spiro atoms. The number of amides is 2. The van der Waals surface area contributed by atoms with Crippen molar-refractivity contribution in [3.8, 4) is 0 Å². The third-order valence-electron chi connectivity index (χ3n) is 5.34. The Kier molecular flexibility index (Phi) is 6.78. The summed E-state index contributed by atoms with van der Waals surface area (Å²) in [5, 5.41) is 4.78. The Bertz CT molecular complexity index is 794. The van der Waals surface area contributed by atoms with Crippen molar-refractivity contribution in [1.29, 1.82) is 0 Å². The molecule has 1 N–H and O–H groups in total. The monoisotopic (exact) mass is 389 g/mol. The number of nitrogens with zero attached hydrogens (tertiary/aromatic N) is 2. The molecule has 2 heterocycles. The highest BCUT2D eigenvalue weighted by molar-refractivity contribution is 6.31. The molecule has 1 fully saturated rings. The van der Waals surface area contributed by atoms with Gasteiger partial charge in [-0.25, -0.2) is 0 Å². The Hall–Kier alpha value is -2.01. The van der Waals surface area contributed by atoms with Crippen LogP contribution in [0.15, 0.2) is 30.5 Å². The number of carbonyl (C=O) groups excluding carboxylic acids is 2. The van der Waals surface area contributed by atoms with E-state index in [9.17, 15) is 9.59 Å². The molecule has 0 radical (unpaired) electrons. The zero-order valence-corrected chi connectivity index (χ0v) is 16.7. The molecule has 146 valence electrons. The van der Waals surface area contributed by atoms with Crippen LogP contribution in [0.25, 0.3) is 10.9 Å². The van der Waals surface area contributed by atoms with Crippen molar-refractivity contribution in [2.75, 3.05) is 19.6 Å². The Morgan fingerprint density at radius 2 is 1.96 bits per heavy atom. The summed E-state index contributed by atoms with van der Waals surface area (Å²) in [6.45, 7) is 4.50. The number of hydrogen-bond donors (Lipinski definition) is 1. The summed E-state index contributed by atoms with van der Waals surface area (Å²) in [5.41, 5.74) is 0.970. The third kappa shape index (κ3) is 5.04. The van der Waals surface area contributed by atoms with Crippen molar-refractivity contribution in [3.63, 3.8) is 0 Å². The fourth-order valence-corrected chi connectivity index (χ4v) is 3.83. The molecule has 1 saturated heterocycles. The van der Waals surface area contributed by atoms with Crippen molar-refractivity contribution in [3.05, 3.63) is 35.5 Å². The smallest absolute Gasteiger partial charge is 0.242 e. The van der Waals surface area contributed by atoms with Crippen LogP contribution in [0.3, 0.4) is 0 Å². The average molecular weight is 390 g/mol. The number of likely N-dealkylation sites (tertiary alicyclic amines) is 1. The van der Waals surface area contributed by atoms with E-state index in [0.717, 1.165) is 49.6 Å². The van der Waals surface area contributed by atoms with Gasteiger partial charge in [-0.05, 0) is 42.8 Å². The van der Waals surface area contributed by atoms with Gasteiger partial charge in [-0.15, -0.1) is 0 Å². The van der Waals surface area contributed by atoms with E-state index >= 15 is 0 Å². The predicted molar refractivity (Wildman–Crippen MR) is 109 cm³/mol. The standard InChI is InChI=1S/C21H28ClN3O2/c1-2-3-4-10-23-21(27)17-8-11-24(12-9-17)20(26)15-25-13-7-16-5-6-18(22)14-19(16)25/h5-7,13-14,17H,2-4,8-12,15H2,1H3,(H,23,27). The van der Waals surface area contributed by atoms with Crippen LogP contribution >= 0.6 is 11.6 Å². The zero-order valence-electron chi connectivity index (χ0n) is 15.9. The molecule has 0 unspecified atom stereocenters. The lowest BCUT2D eigenvalue weighted by Crippen LogP contribution is -2.44. The molecule has 0 bridgehead atoms. The summed E-state index contributed by atoms with van der Waals surface area (Å²) < 4.78 is 1.94. The second kappa shape index (κ2) is 9.27. The van der Waals surface area contributed by atoms with Crippen LogP contribution in [0.5, 0.6) is 0 Å². The molecule has 6 heteroatoms. The number of rotatable bonds is 7. The number of nitrogens with one attached hydrogen (secondary N) is 1. The third-order valence-corrected chi connectivity index (χ3v) is 5.57. The molecule has 0 saturated carbocycles. The van der Waals surface area contributed by atoms with Gasteiger partial charge in [0.1, 0.15) is 6.54 Å². The van der Waals surface area contributed by atoms with Crippen LogP contribution in [0.4, 0.5) is 0 Å². The number of aromatic nitrogens is 1. The van der Waals surface area contributed by atoms with Crippen LogP contribution < -0.4 is 5.32 Å². The lowest BCUT2D eigenvalue weighted by Gasteiger charge is -2.31. The molecule has 0 atom stereocenters. The first-order chi connectivity index (χ1) is 13.1. The topological polar surface area (TPSA) is 54.3 Å². The normalized spacial score (nSPS) is 15.3. The number of benzene rings is 1. The highest BCUT2D eigenvalue weighted by Crippen LogP contribution is 2.22. The molecule has 2 aromatic rings. The van der Waals surface area contributed by atoms with Gasteiger partial charge in [-0.1, -0.05) is 37.4 Å². The fraction of sp³-hybridized carbons (Fsp3) is 0.524. The number of carbonyl (C=O) groups is 2. The Morgan fingerprint density at radius 3 is 2.70 bits per heavy atom. The van der Waals surface area contributed by atoms with Gasteiger partial charge >= 0.3 is 0 Å². The van der Waals surface area contributed by atoms with E-state index < -0.39 is 0 Å². The molecule has 5 nitrogen and oxygen atoms in total. The quantitative estimate of drug-likeness (QED) is 0.731. The predicted octanol–water partition coefficient (Wildman–Crippen LogP) is 3.84. The Balaban J connectivity index is 1.49. The second-order valence-corrected chi connectivity index (χ2v) is 7.74. The van der Waals surface area contributed by atoms with E-state index in [0.29, 0.717) is 24.7 Å². The van der Waals surface area contributed by atoms with Gasteiger partial charge in [-0.2, -0.15) is 0 Å². The number of unbranched alkanes of at least 4 members (excludes halogenated alkanes) is 2. The van der Waals surface area contributed by atoms with E-state index in [1.807, 2.05) is 39.9 Å². The first-order valence-corrected chi connectivity index (χ1v) is 10.3. The van der Waals surface area contributed by atoms with Crippen molar-refractivity contribution in [1.82, 2.24) is 14.8 Å². The van der Waals surface area contributed by atoms with Gasteiger partial charge in [0.15, 0.2) is 0 Å². The number of hydrogen-bond acceptors (Lipinski definition) is 2. The summed E-state index contributed by atoms with van der Waals surface area (Å²) in [6, 6.07) is 7.70. The fourth-order valence-electron chi connectivity index (χ4n) is 3.66. The maximum atomic E-state index is 12.7. The van der Waals surface area contributed by atoms with E-state index in [4.69, 9.17) is 11.6 Å². The molecule has 1 aliphatic heterocycles. The maximum Gasteiger partial charge on any atom is 0.242 e. The molecule has 1 aromatic carbocycles. The van der Waals surface area contributed by atoms with Crippen LogP contribution in [0.2, 0.25) is 5.02 Å². The number of piperidine rings is 1. The van der Waals surface area contributed by atoms with Gasteiger partial charge in [0.05, 0.1) is 0 Å². The van der Waals surface area contributed by atoms with E-state index in [1.165, 1.54) is 0 Å². The summed E-state index contributed by atoms with van der Waals surface area (Å²) >= 11 is 6.09.